The third kappa shape index (κ3) is 5.71. The highest BCUT2D eigenvalue weighted by atomic mass is 16.5. The maximum atomic E-state index is 5.06. The van der Waals surface area contributed by atoms with Gasteiger partial charge in [0.05, 0.1) is 6.61 Å². The van der Waals surface area contributed by atoms with E-state index in [0.29, 0.717) is 5.92 Å². The molecule has 0 aliphatic carbocycles. The molecule has 0 radical (unpaired) electrons. The molecule has 0 aromatic carbocycles. The van der Waals surface area contributed by atoms with Crippen LogP contribution in [-0.2, 0) is 4.74 Å². The van der Waals surface area contributed by atoms with Crippen molar-refractivity contribution in [1.82, 2.24) is 14.9 Å². The molecule has 0 saturated carbocycles. The van der Waals surface area contributed by atoms with Gasteiger partial charge in [-0.1, -0.05) is 13.8 Å². The van der Waals surface area contributed by atoms with Gasteiger partial charge in [-0.05, 0) is 7.05 Å². The topological polar surface area (TPSA) is 62.3 Å². The first-order chi connectivity index (χ1) is 9.56. The van der Waals surface area contributed by atoms with E-state index in [-0.39, 0.29) is 0 Å². The second kappa shape index (κ2) is 8.71. The summed E-state index contributed by atoms with van der Waals surface area (Å²) >= 11 is 0. The van der Waals surface area contributed by atoms with Crippen molar-refractivity contribution >= 4 is 11.6 Å². The SMILES string of the molecule is CNc1cc(NCCN(C)CCOC)nc(C(C)C)n1. The highest BCUT2D eigenvalue weighted by molar-refractivity contribution is 5.47. The molecule has 0 saturated heterocycles. The molecule has 0 unspecified atom stereocenters. The number of hydrogen-bond donors (Lipinski definition) is 2. The minimum absolute atomic E-state index is 0.313. The largest absolute Gasteiger partial charge is 0.383 e. The first kappa shape index (κ1) is 16.7. The Kier molecular flexibility index (Phi) is 7.25. The Morgan fingerprint density at radius 2 is 1.95 bits per heavy atom. The van der Waals surface area contributed by atoms with E-state index >= 15 is 0 Å². The molecule has 0 bridgehead atoms. The fourth-order valence-corrected chi connectivity index (χ4v) is 1.68. The summed E-state index contributed by atoms with van der Waals surface area (Å²) in [6.07, 6.45) is 0. The Morgan fingerprint density at radius 1 is 1.25 bits per heavy atom. The Morgan fingerprint density at radius 3 is 2.55 bits per heavy atom. The number of rotatable bonds is 9. The molecule has 114 valence electrons. The Balaban J connectivity index is 2.52. The van der Waals surface area contributed by atoms with E-state index < -0.39 is 0 Å². The lowest BCUT2D eigenvalue weighted by molar-refractivity contribution is 0.163. The van der Waals surface area contributed by atoms with Crippen LogP contribution >= 0.6 is 0 Å². The summed E-state index contributed by atoms with van der Waals surface area (Å²) < 4.78 is 5.06. The number of aromatic nitrogens is 2. The Bertz CT molecular complexity index is 397. The van der Waals surface area contributed by atoms with Gasteiger partial charge in [0.25, 0.3) is 0 Å². The van der Waals surface area contributed by atoms with Crippen molar-refractivity contribution in [3.05, 3.63) is 11.9 Å². The lowest BCUT2D eigenvalue weighted by atomic mass is 10.2. The highest BCUT2D eigenvalue weighted by Crippen LogP contribution is 2.16. The van der Waals surface area contributed by atoms with Crippen LogP contribution < -0.4 is 10.6 Å². The van der Waals surface area contributed by atoms with Crippen LogP contribution in [0.15, 0.2) is 6.07 Å². The number of likely N-dealkylation sites (N-methyl/N-ethyl adjacent to an activating group) is 1. The van der Waals surface area contributed by atoms with Gasteiger partial charge in [0.2, 0.25) is 0 Å². The molecule has 1 aromatic rings. The van der Waals surface area contributed by atoms with E-state index in [2.05, 4.69) is 46.4 Å². The van der Waals surface area contributed by atoms with Crippen molar-refractivity contribution in [2.75, 3.05) is 58.1 Å². The Hall–Kier alpha value is -1.40. The molecule has 0 amide bonds. The minimum Gasteiger partial charge on any atom is -0.383 e. The van der Waals surface area contributed by atoms with E-state index in [1.807, 2.05) is 13.1 Å². The second-order valence-electron chi connectivity index (χ2n) is 5.12. The molecule has 0 atom stereocenters. The lowest BCUT2D eigenvalue weighted by Gasteiger charge is -2.17. The van der Waals surface area contributed by atoms with E-state index in [4.69, 9.17) is 4.74 Å². The summed E-state index contributed by atoms with van der Waals surface area (Å²) in [5.41, 5.74) is 0. The van der Waals surface area contributed by atoms with Crippen LogP contribution in [0.4, 0.5) is 11.6 Å². The fourth-order valence-electron chi connectivity index (χ4n) is 1.68. The van der Waals surface area contributed by atoms with Crippen LogP contribution in [0.3, 0.4) is 0 Å². The van der Waals surface area contributed by atoms with Gasteiger partial charge in [0, 0.05) is 45.8 Å². The summed E-state index contributed by atoms with van der Waals surface area (Å²) in [6.45, 7) is 7.66. The Labute approximate surface area is 121 Å². The monoisotopic (exact) mass is 281 g/mol. The van der Waals surface area contributed by atoms with Gasteiger partial charge < -0.3 is 20.3 Å². The molecule has 0 fully saturated rings. The van der Waals surface area contributed by atoms with Crippen LogP contribution in [-0.4, -0.2) is 62.3 Å². The lowest BCUT2D eigenvalue weighted by Crippen LogP contribution is -2.28. The summed E-state index contributed by atoms with van der Waals surface area (Å²) in [6, 6.07) is 1.93. The van der Waals surface area contributed by atoms with Gasteiger partial charge in [-0.2, -0.15) is 0 Å². The normalized spacial score (nSPS) is 11.2. The molecule has 20 heavy (non-hydrogen) atoms. The smallest absolute Gasteiger partial charge is 0.135 e. The maximum Gasteiger partial charge on any atom is 0.135 e. The van der Waals surface area contributed by atoms with Crippen LogP contribution in [0.25, 0.3) is 0 Å². The molecule has 6 heteroatoms. The van der Waals surface area contributed by atoms with E-state index in [0.717, 1.165) is 43.7 Å². The van der Waals surface area contributed by atoms with Crippen LogP contribution in [0.2, 0.25) is 0 Å². The number of hydrogen-bond acceptors (Lipinski definition) is 6. The van der Waals surface area contributed by atoms with Crippen molar-refractivity contribution in [2.24, 2.45) is 0 Å². The maximum absolute atomic E-state index is 5.06. The van der Waals surface area contributed by atoms with Crippen molar-refractivity contribution < 1.29 is 4.74 Å². The summed E-state index contributed by atoms with van der Waals surface area (Å²) in [5, 5.41) is 6.42. The van der Waals surface area contributed by atoms with Crippen molar-refractivity contribution in [3.8, 4) is 0 Å². The van der Waals surface area contributed by atoms with Crippen LogP contribution in [0.5, 0.6) is 0 Å². The average Bonchev–Trinajstić information content (AvgIpc) is 2.44. The number of anilines is 2. The number of nitrogens with zero attached hydrogens (tertiary/aromatic N) is 3. The molecule has 0 aliphatic rings. The summed E-state index contributed by atoms with van der Waals surface area (Å²) in [4.78, 5) is 11.2. The summed E-state index contributed by atoms with van der Waals surface area (Å²) in [7, 11) is 5.67. The molecule has 6 nitrogen and oxygen atoms in total. The third-order valence-corrected chi connectivity index (χ3v) is 2.99. The van der Waals surface area contributed by atoms with Gasteiger partial charge >= 0.3 is 0 Å². The molecule has 1 rings (SSSR count). The number of ether oxygens (including phenoxy) is 1. The molecule has 1 aromatic heterocycles. The first-order valence-electron chi connectivity index (χ1n) is 7.05. The quantitative estimate of drug-likeness (QED) is 0.717. The van der Waals surface area contributed by atoms with Crippen LogP contribution in [0, 0.1) is 0 Å². The standard InChI is InChI=1S/C14H27N5O/c1-11(2)14-17-12(15-3)10-13(18-14)16-6-7-19(4)8-9-20-5/h10-11H,6-9H2,1-5H3,(H2,15,16,17,18). The molecular weight excluding hydrogens is 254 g/mol. The molecule has 0 spiro atoms. The number of methoxy groups -OCH3 is 1. The van der Waals surface area contributed by atoms with Gasteiger partial charge in [0.1, 0.15) is 17.5 Å². The summed E-state index contributed by atoms with van der Waals surface area (Å²) in [5.74, 6) is 2.88. The van der Waals surface area contributed by atoms with Crippen molar-refractivity contribution in [3.63, 3.8) is 0 Å². The van der Waals surface area contributed by atoms with Gasteiger partial charge in [0.15, 0.2) is 0 Å². The van der Waals surface area contributed by atoms with E-state index in [1.54, 1.807) is 7.11 Å². The van der Waals surface area contributed by atoms with Crippen molar-refractivity contribution in [1.29, 1.82) is 0 Å². The van der Waals surface area contributed by atoms with Gasteiger partial charge in [-0.15, -0.1) is 0 Å². The predicted octanol–water partition coefficient (Wildman–Crippen LogP) is 1.63. The second-order valence-corrected chi connectivity index (χ2v) is 5.12. The van der Waals surface area contributed by atoms with Crippen LogP contribution in [0.1, 0.15) is 25.6 Å². The van der Waals surface area contributed by atoms with E-state index in [1.165, 1.54) is 0 Å². The molecular formula is C14H27N5O. The minimum atomic E-state index is 0.313. The van der Waals surface area contributed by atoms with Crippen molar-refractivity contribution in [2.45, 2.75) is 19.8 Å². The van der Waals surface area contributed by atoms with Gasteiger partial charge in [-0.25, -0.2) is 9.97 Å². The zero-order chi connectivity index (χ0) is 15.0. The number of nitrogens with one attached hydrogen (secondary N) is 2. The predicted molar refractivity (Wildman–Crippen MR) is 83.5 cm³/mol. The van der Waals surface area contributed by atoms with E-state index in [9.17, 15) is 0 Å². The molecule has 2 N–H and O–H groups in total. The highest BCUT2D eigenvalue weighted by Gasteiger charge is 2.07. The third-order valence-electron chi connectivity index (χ3n) is 2.99. The van der Waals surface area contributed by atoms with Gasteiger partial charge in [-0.3, -0.25) is 0 Å². The molecule has 1 heterocycles. The zero-order valence-electron chi connectivity index (χ0n) is 13.2. The fraction of sp³-hybridized carbons (Fsp3) is 0.714. The zero-order valence-corrected chi connectivity index (χ0v) is 13.2. The first-order valence-corrected chi connectivity index (χ1v) is 7.05. The molecule has 0 aliphatic heterocycles. The average molecular weight is 281 g/mol.